The summed E-state index contributed by atoms with van der Waals surface area (Å²) in [5.41, 5.74) is 12.3. The zero-order valence-corrected chi connectivity index (χ0v) is 18.6. The van der Waals surface area contributed by atoms with Crippen LogP contribution < -0.4 is 21.3 Å². The molecular weight excluding hydrogens is 472 g/mol. The van der Waals surface area contributed by atoms with Crippen molar-refractivity contribution in [2.24, 2.45) is 16.6 Å². The van der Waals surface area contributed by atoms with E-state index < -0.39 is 35.9 Å². The van der Waals surface area contributed by atoms with Crippen molar-refractivity contribution in [1.29, 1.82) is 0 Å². The van der Waals surface area contributed by atoms with Crippen LogP contribution in [0.3, 0.4) is 0 Å². The van der Waals surface area contributed by atoms with E-state index in [9.17, 15) is 16.8 Å². The van der Waals surface area contributed by atoms with Crippen molar-refractivity contribution < 1.29 is 16.8 Å². The van der Waals surface area contributed by atoms with Crippen LogP contribution in [0.5, 0.6) is 0 Å². The molecule has 33 heavy (non-hydrogen) atoms. The SMILES string of the molecule is NCC(N)CNS(=O)(=O)c1ccc(-c2cccn3ccnc23)c(-c2nn[nH]n2)c1S(N)(=O)=O. The lowest BCUT2D eigenvalue weighted by atomic mass is 10.00. The van der Waals surface area contributed by atoms with Crippen LogP contribution in [0.4, 0.5) is 0 Å². The highest BCUT2D eigenvalue weighted by Crippen LogP contribution is 2.39. The number of imidazole rings is 1. The standard InChI is InChI=1S/C17H20N10O4S2/c18-8-10(19)9-22-33(30,31)13-4-3-11(12-2-1-6-27-7-5-21-17(12)27)14(15(13)32(20,28)29)16-23-25-26-24-16/h1-7,10,22H,8-9,18-19H2,(H2,20,28,29)(H,23,24,25,26). The smallest absolute Gasteiger partial charge is 0.241 e. The fraction of sp³-hybridized carbons (Fsp3) is 0.176. The number of aromatic amines is 1. The number of primary sulfonamides is 1. The molecule has 4 rings (SSSR count). The van der Waals surface area contributed by atoms with Crippen LogP contribution >= 0.6 is 0 Å². The summed E-state index contributed by atoms with van der Waals surface area (Å²) >= 11 is 0. The Morgan fingerprint density at radius 3 is 2.58 bits per heavy atom. The molecule has 174 valence electrons. The van der Waals surface area contributed by atoms with Gasteiger partial charge >= 0.3 is 0 Å². The number of fused-ring (bicyclic) bond motifs is 1. The largest absolute Gasteiger partial charge is 0.329 e. The number of nitrogens with zero attached hydrogens (tertiary/aromatic N) is 5. The van der Waals surface area contributed by atoms with Crippen LogP contribution in [0.15, 0.2) is 52.6 Å². The van der Waals surface area contributed by atoms with E-state index in [1.165, 1.54) is 6.07 Å². The number of nitrogens with one attached hydrogen (secondary N) is 2. The van der Waals surface area contributed by atoms with Crippen LogP contribution in [0.1, 0.15) is 0 Å². The molecule has 1 unspecified atom stereocenters. The summed E-state index contributed by atoms with van der Waals surface area (Å²) in [4.78, 5) is 3.02. The lowest BCUT2D eigenvalue weighted by Gasteiger charge is -2.17. The fourth-order valence-corrected chi connectivity index (χ4v) is 6.00. The maximum atomic E-state index is 13.1. The molecule has 4 aromatic rings. The predicted octanol–water partition coefficient (Wildman–Crippen LogP) is -1.61. The molecule has 8 N–H and O–H groups in total. The third kappa shape index (κ3) is 4.34. The molecule has 16 heteroatoms. The van der Waals surface area contributed by atoms with Crippen LogP contribution in [0.25, 0.3) is 28.2 Å². The number of nitrogens with two attached hydrogens (primary N) is 3. The molecule has 3 aromatic heterocycles. The van der Waals surface area contributed by atoms with E-state index in [0.717, 1.165) is 6.07 Å². The van der Waals surface area contributed by atoms with Gasteiger partial charge in [0.25, 0.3) is 0 Å². The van der Waals surface area contributed by atoms with E-state index in [0.29, 0.717) is 11.2 Å². The molecule has 0 aliphatic carbocycles. The zero-order chi connectivity index (χ0) is 23.8. The molecule has 0 radical (unpaired) electrons. The molecule has 14 nitrogen and oxygen atoms in total. The second kappa shape index (κ2) is 8.58. The first-order valence-electron chi connectivity index (χ1n) is 9.44. The summed E-state index contributed by atoms with van der Waals surface area (Å²) in [6.45, 7) is -0.193. The van der Waals surface area contributed by atoms with E-state index >= 15 is 0 Å². The van der Waals surface area contributed by atoms with Gasteiger partial charge in [-0.1, -0.05) is 6.07 Å². The first-order chi connectivity index (χ1) is 15.6. The van der Waals surface area contributed by atoms with Crippen LogP contribution in [0, 0.1) is 0 Å². The van der Waals surface area contributed by atoms with E-state index in [-0.39, 0.29) is 30.0 Å². The Kier molecular flexibility index (Phi) is 5.95. The zero-order valence-electron chi connectivity index (χ0n) is 17.0. The summed E-state index contributed by atoms with van der Waals surface area (Å²) in [5.74, 6) is -0.168. The number of hydrogen-bond donors (Lipinski definition) is 5. The van der Waals surface area contributed by atoms with E-state index in [1.54, 1.807) is 35.1 Å². The second-order valence-corrected chi connectivity index (χ2v) is 10.3. The van der Waals surface area contributed by atoms with Gasteiger partial charge in [0.1, 0.15) is 15.4 Å². The Balaban J connectivity index is 2.05. The second-order valence-electron chi connectivity index (χ2n) is 7.02. The van der Waals surface area contributed by atoms with Gasteiger partial charge in [0.15, 0.2) is 0 Å². The number of aromatic nitrogens is 6. The molecule has 0 spiro atoms. The van der Waals surface area contributed by atoms with Crippen molar-refractivity contribution in [2.45, 2.75) is 15.8 Å². The number of benzene rings is 1. The first-order valence-corrected chi connectivity index (χ1v) is 12.5. The quantitative estimate of drug-likeness (QED) is 0.189. The van der Waals surface area contributed by atoms with E-state index in [1.807, 2.05) is 0 Å². The monoisotopic (exact) mass is 492 g/mol. The summed E-state index contributed by atoms with van der Waals surface area (Å²) in [7, 11) is -8.99. The Labute approximate surface area is 188 Å². The number of tetrazole rings is 1. The Bertz CT molecular complexity index is 1510. The molecule has 3 heterocycles. The van der Waals surface area contributed by atoms with Gasteiger partial charge in [-0.3, -0.25) is 0 Å². The lowest BCUT2D eigenvalue weighted by Crippen LogP contribution is -2.42. The molecule has 0 amide bonds. The fourth-order valence-electron chi connectivity index (χ4n) is 3.31. The molecule has 0 aliphatic rings. The third-order valence-corrected chi connectivity index (χ3v) is 7.40. The van der Waals surface area contributed by atoms with E-state index in [4.69, 9.17) is 16.6 Å². The van der Waals surface area contributed by atoms with Crippen molar-refractivity contribution >= 4 is 25.7 Å². The number of H-pyrrole nitrogens is 1. The molecule has 0 fully saturated rings. The molecule has 0 aliphatic heterocycles. The van der Waals surface area contributed by atoms with Crippen molar-refractivity contribution in [2.75, 3.05) is 13.1 Å². The summed E-state index contributed by atoms with van der Waals surface area (Å²) in [6, 6.07) is 5.32. The van der Waals surface area contributed by atoms with Gasteiger partial charge in [0, 0.05) is 43.3 Å². The van der Waals surface area contributed by atoms with Gasteiger partial charge in [-0.05, 0) is 29.0 Å². The van der Waals surface area contributed by atoms with Gasteiger partial charge in [-0.2, -0.15) is 5.21 Å². The van der Waals surface area contributed by atoms with Crippen molar-refractivity contribution in [3.05, 3.63) is 42.9 Å². The number of sulfonamides is 2. The highest BCUT2D eigenvalue weighted by Gasteiger charge is 2.32. The molecular formula is C17H20N10O4S2. The highest BCUT2D eigenvalue weighted by molar-refractivity contribution is 7.92. The minimum atomic E-state index is -4.61. The molecule has 0 saturated heterocycles. The molecule has 1 aromatic carbocycles. The van der Waals surface area contributed by atoms with Crippen molar-refractivity contribution in [1.82, 2.24) is 34.7 Å². The minimum absolute atomic E-state index is 0.0198. The van der Waals surface area contributed by atoms with Crippen molar-refractivity contribution in [3.8, 4) is 22.5 Å². The number of hydrogen-bond acceptors (Lipinski definition) is 10. The van der Waals surface area contributed by atoms with Gasteiger partial charge in [0.2, 0.25) is 25.9 Å². The third-order valence-electron chi connectivity index (χ3n) is 4.81. The average molecular weight is 493 g/mol. The Morgan fingerprint density at radius 1 is 1.12 bits per heavy atom. The topological polar surface area (TPSA) is 230 Å². The Morgan fingerprint density at radius 2 is 1.91 bits per heavy atom. The lowest BCUT2D eigenvalue weighted by molar-refractivity contribution is 0.563. The molecule has 1 atom stereocenters. The number of rotatable bonds is 8. The Hall–Kier alpha value is -3.28. The normalized spacial score (nSPS) is 13.4. The molecule has 0 saturated carbocycles. The van der Waals surface area contributed by atoms with Gasteiger partial charge in [-0.15, -0.1) is 10.2 Å². The van der Waals surface area contributed by atoms with Crippen LogP contribution in [0.2, 0.25) is 0 Å². The van der Waals surface area contributed by atoms with Gasteiger partial charge < -0.3 is 15.9 Å². The summed E-state index contributed by atoms with van der Waals surface area (Å²) < 4.78 is 55.6. The van der Waals surface area contributed by atoms with Crippen molar-refractivity contribution in [3.63, 3.8) is 0 Å². The van der Waals surface area contributed by atoms with Crippen LogP contribution in [-0.2, 0) is 20.0 Å². The number of pyridine rings is 1. The van der Waals surface area contributed by atoms with E-state index in [2.05, 4.69) is 30.3 Å². The molecule has 0 bridgehead atoms. The summed E-state index contributed by atoms with van der Waals surface area (Å²) in [5, 5.41) is 19.0. The maximum absolute atomic E-state index is 13.1. The predicted molar refractivity (Wildman–Crippen MR) is 117 cm³/mol. The first kappa shape index (κ1) is 22.9. The van der Waals surface area contributed by atoms with Gasteiger partial charge in [0.05, 0.1) is 5.56 Å². The van der Waals surface area contributed by atoms with Crippen LogP contribution in [-0.4, -0.2) is 66.0 Å². The minimum Gasteiger partial charge on any atom is -0.329 e. The highest BCUT2D eigenvalue weighted by atomic mass is 32.2. The summed E-state index contributed by atoms with van der Waals surface area (Å²) in [6.07, 6.45) is 5.03. The average Bonchev–Trinajstić information content (AvgIpc) is 3.47. The maximum Gasteiger partial charge on any atom is 0.241 e. The van der Waals surface area contributed by atoms with Gasteiger partial charge in [-0.25, -0.2) is 31.7 Å².